The van der Waals surface area contributed by atoms with E-state index >= 15 is 0 Å². The number of carbonyl (C=O) groups excluding carboxylic acids is 1. The van der Waals surface area contributed by atoms with Gasteiger partial charge < -0.3 is 14.5 Å². The zero-order chi connectivity index (χ0) is 20.5. The fraction of sp³-hybridized carbons (Fsp3) is 0.455. The van der Waals surface area contributed by atoms with Gasteiger partial charge in [-0.15, -0.1) is 11.3 Å². The summed E-state index contributed by atoms with van der Waals surface area (Å²) < 4.78 is 7.46. The first-order valence-electron chi connectivity index (χ1n) is 10.6. The number of anilines is 1. The summed E-state index contributed by atoms with van der Waals surface area (Å²) in [6, 6.07) is 8.65. The van der Waals surface area contributed by atoms with Crippen LogP contribution in [0.1, 0.15) is 23.3 Å². The van der Waals surface area contributed by atoms with E-state index in [1.54, 1.807) is 18.4 Å². The number of ether oxygens (including phenoxy) is 1. The molecule has 8 heteroatoms. The van der Waals surface area contributed by atoms with Gasteiger partial charge in [-0.2, -0.15) is 0 Å². The quantitative estimate of drug-likeness (QED) is 0.643. The van der Waals surface area contributed by atoms with Crippen molar-refractivity contribution in [3.63, 3.8) is 0 Å². The number of piperidine rings is 1. The van der Waals surface area contributed by atoms with Gasteiger partial charge in [-0.1, -0.05) is 12.1 Å². The molecule has 1 amide bonds. The topological polar surface area (TPSA) is 53.3 Å². The molecule has 3 aromatic rings. The maximum absolute atomic E-state index is 13.0. The minimum absolute atomic E-state index is 0.0586. The number of thiazole rings is 1. The molecule has 1 atom stereocenters. The third kappa shape index (κ3) is 3.65. The van der Waals surface area contributed by atoms with E-state index in [4.69, 9.17) is 4.74 Å². The fourth-order valence-electron chi connectivity index (χ4n) is 4.65. The molecule has 0 bridgehead atoms. The number of hydrogen-bond acceptors (Lipinski definition) is 6. The third-order valence-corrected chi connectivity index (χ3v) is 7.02. The first-order valence-corrected chi connectivity index (χ1v) is 11.4. The van der Waals surface area contributed by atoms with Gasteiger partial charge in [0.1, 0.15) is 11.4 Å². The molecule has 0 radical (unpaired) electrons. The number of benzene rings is 1. The van der Waals surface area contributed by atoms with Crippen molar-refractivity contribution in [2.75, 3.05) is 51.3 Å². The van der Waals surface area contributed by atoms with Gasteiger partial charge in [0.25, 0.3) is 5.91 Å². The number of imidazole rings is 1. The van der Waals surface area contributed by atoms with Crippen LogP contribution in [0.4, 0.5) is 5.69 Å². The molecule has 0 N–H and O–H groups in total. The van der Waals surface area contributed by atoms with Crippen LogP contribution in [0.3, 0.4) is 0 Å². The number of methoxy groups -OCH3 is 1. The lowest BCUT2D eigenvalue weighted by Gasteiger charge is -2.44. The number of piperazine rings is 1. The van der Waals surface area contributed by atoms with E-state index in [2.05, 4.69) is 26.9 Å². The monoisotopic (exact) mass is 425 g/mol. The third-order valence-electron chi connectivity index (χ3n) is 6.25. The van der Waals surface area contributed by atoms with Crippen LogP contribution < -0.4 is 9.64 Å². The van der Waals surface area contributed by atoms with Crippen molar-refractivity contribution in [2.45, 2.75) is 18.9 Å². The molecule has 158 valence electrons. The van der Waals surface area contributed by atoms with Gasteiger partial charge in [-0.05, 0) is 25.0 Å². The van der Waals surface area contributed by atoms with E-state index in [-0.39, 0.29) is 5.91 Å². The second-order valence-corrected chi connectivity index (χ2v) is 8.83. The molecule has 2 fully saturated rings. The minimum atomic E-state index is 0.0586. The molecule has 2 saturated heterocycles. The second kappa shape index (κ2) is 8.28. The lowest BCUT2D eigenvalue weighted by Crippen LogP contribution is -2.56. The van der Waals surface area contributed by atoms with Crippen molar-refractivity contribution in [3.8, 4) is 5.75 Å². The van der Waals surface area contributed by atoms with Crippen LogP contribution in [0.15, 0.2) is 42.0 Å². The number of likely N-dealkylation sites (tertiary alicyclic amines) is 1. The van der Waals surface area contributed by atoms with Crippen LogP contribution >= 0.6 is 11.3 Å². The Bertz CT molecular complexity index is 995. The van der Waals surface area contributed by atoms with Gasteiger partial charge >= 0.3 is 0 Å². The van der Waals surface area contributed by atoms with E-state index in [0.29, 0.717) is 11.7 Å². The molecule has 4 heterocycles. The number of aromatic nitrogens is 2. The minimum Gasteiger partial charge on any atom is -0.495 e. The summed E-state index contributed by atoms with van der Waals surface area (Å²) in [5.74, 6) is 0.989. The fourth-order valence-corrected chi connectivity index (χ4v) is 5.35. The number of fused-ring (bicyclic) bond motifs is 1. The molecule has 7 nitrogen and oxygen atoms in total. The summed E-state index contributed by atoms with van der Waals surface area (Å²) in [5, 5.41) is 1.98. The Morgan fingerprint density at radius 3 is 2.80 bits per heavy atom. The number of amides is 1. The van der Waals surface area contributed by atoms with Crippen molar-refractivity contribution < 1.29 is 9.53 Å². The second-order valence-electron chi connectivity index (χ2n) is 7.96. The average molecular weight is 426 g/mol. The molecule has 30 heavy (non-hydrogen) atoms. The van der Waals surface area contributed by atoms with Crippen LogP contribution in [0.5, 0.6) is 5.75 Å². The molecule has 0 unspecified atom stereocenters. The highest BCUT2D eigenvalue weighted by molar-refractivity contribution is 7.15. The molecular formula is C22H27N5O2S. The lowest BCUT2D eigenvalue weighted by molar-refractivity contribution is 0.0558. The molecule has 2 aliphatic rings. The molecule has 1 aromatic carbocycles. The Balaban J connectivity index is 1.21. The maximum Gasteiger partial charge on any atom is 0.274 e. The molecule has 2 aromatic heterocycles. The molecular weight excluding hydrogens is 398 g/mol. The Labute approximate surface area is 180 Å². The van der Waals surface area contributed by atoms with Gasteiger partial charge in [0.2, 0.25) is 0 Å². The smallest absolute Gasteiger partial charge is 0.274 e. The van der Waals surface area contributed by atoms with Gasteiger partial charge in [0.15, 0.2) is 4.96 Å². The largest absolute Gasteiger partial charge is 0.495 e. The van der Waals surface area contributed by atoms with Crippen molar-refractivity contribution in [1.29, 1.82) is 0 Å². The van der Waals surface area contributed by atoms with Crippen LogP contribution in [-0.2, 0) is 0 Å². The first kappa shape index (κ1) is 19.4. The molecule has 5 rings (SSSR count). The van der Waals surface area contributed by atoms with Crippen molar-refractivity contribution >= 4 is 27.9 Å². The van der Waals surface area contributed by atoms with Gasteiger partial charge in [-0.3, -0.25) is 14.1 Å². The lowest BCUT2D eigenvalue weighted by atomic mass is 10.0. The van der Waals surface area contributed by atoms with Crippen LogP contribution in [0, 0.1) is 0 Å². The average Bonchev–Trinajstić information content (AvgIpc) is 3.41. The van der Waals surface area contributed by atoms with E-state index in [9.17, 15) is 4.79 Å². The normalized spacial score (nSPS) is 20.6. The number of hydrogen-bond donors (Lipinski definition) is 0. The van der Waals surface area contributed by atoms with E-state index < -0.39 is 0 Å². The Morgan fingerprint density at radius 1 is 1.17 bits per heavy atom. The summed E-state index contributed by atoms with van der Waals surface area (Å²) in [7, 11) is 1.73. The highest BCUT2D eigenvalue weighted by atomic mass is 32.1. The predicted molar refractivity (Wildman–Crippen MR) is 119 cm³/mol. The Morgan fingerprint density at radius 2 is 2.00 bits per heavy atom. The van der Waals surface area contributed by atoms with Crippen LogP contribution in [-0.4, -0.2) is 77.5 Å². The number of carbonyl (C=O) groups is 1. The summed E-state index contributed by atoms with van der Waals surface area (Å²) in [6.45, 7) is 5.57. The number of rotatable bonds is 4. The van der Waals surface area contributed by atoms with Crippen molar-refractivity contribution in [3.05, 3.63) is 47.7 Å². The summed E-state index contributed by atoms with van der Waals surface area (Å²) in [6.07, 6.45) is 6.00. The zero-order valence-electron chi connectivity index (χ0n) is 17.2. The van der Waals surface area contributed by atoms with E-state index in [1.807, 2.05) is 39.2 Å². The summed E-state index contributed by atoms with van der Waals surface area (Å²) >= 11 is 1.56. The van der Waals surface area contributed by atoms with Crippen molar-refractivity contribution in [2.24, 2.45) is 0 Å². The Hall–Kier alpha value is -2.58. The maximum atomic E-state index is 13.0. The van der Waals surface area contributed by atoms with Gasteiger partial charge in [0.05, 0.1) is 12.8 Å². The number of para-hydroxylation sites is 2. The van der Waals surface area contributed by atoms with E-state index in [0.717, 1.165) is 62.8 Å². The van der Waals surface area contributed by atoms with Crippen LogP contribution in [0.25, 0.3) is 4.96 Å². The predicted octanol–water partition coefficient (Wildman–Crippen LogP) is 2.83. The standard InChI is InChI=1S/C22H27N5O2S/c1-29-20-7-3-2-6-19(20)25-11-9-24(10-12-25)17-5-4-8-26(15-17)21(28)18-16-27-13-14-30-22(27)23-18/h2-3,6-7,13-14,16-17H,4-5,8-12,15H2,1H3/t17-/m1/s1. The SMILES string of the molecule is COc1ccccc1N1CCN([C@@H]2CCCN(C(=O)c3cn4ccsc4n3)C2)CC1. The molecule has 0 spiro atoms. The summed E-state index contributed by atoms with van der Waals surface area (Å²) in [5.41, 5.74) is 1.73. The van der Waals surface area contributed by atoms with Gasteiger partial charge in [-0.25, -0.2) is 4.98 Å². The van der Waals surface area contributed by atoms with Gasteiger partial charge in [0, 0.05) is 63.1 Å². The molecule has 2 aliphatic heterocycles. The number of nitrogens with zero attached hydrogens (tertiary/aromatic N) is 5. The zero-order valence-corrected chi connectivity index (χ0v) is 18.1. The summed E-state index contributed by atoms with van der Waals surface area (Å²) in [4.78, 5) is 25.3. The first-order chi connectivity index (χ1) is 14.7. The highest BCUT2D eigenvalue weighted by Crippen LogP contribution is 2.29. The Kier molecular flexibility index (Phi) is 5.35. The highest BCUT2D eigenvalue weighted by Gasteiger charge is 2.31. The molecule has 0 saturated carbocycles. The van der Waals surface area contributed by atoms with E-state index in [1.165, 1.54) is 5.69 Å². The van der Waals surface area contributed by atoms with Crippen molar-refractivity contribution in [1.82, 2.24) is 19.2 Å². The molecule has 0 aliphatic carbocycles. The van der Waals surface area contributed by atoms with Crippen LogP contribution in [0.2, 0.25) is 0 Å².